The van der Waals surface area contributed by atoms with Crippen LogP contribution >= 0.6 is 0 Å². The molecule has 0 saturated carbocycles. The minimum Gasteiger partial charge on any atom is -0.372 e. The van der Waals surface area contributed by atoms with Crippen molar-refractivity contribution in [3.05, 3.63) is 29.3 Å². The number of methoxy groups -OCH3 is 2. The molecule has 0 spiro atoms. The summed E-state index contributed by atoms with van der Waals surface area (Å²) >= 11 is 0. The molecule has 1 aliphatic heterocycles. The molecule has 0 bridgehead atoms. The summed E-state index contributed by atoms with van der Waals surface area (Å²) in [6, 6.07) is 6.01. The van der Waals surface area contributed by atoms with E-state index < -0.39 is 5.91 Å². The molecule has 0 aromatic heterocycles. The second-order valence-electron chi connectivity index (χ2n) is 4.43. The number of nitrogens with one attached hydrogen (secondary N) is 2. The number of nitrogens with zero attached hydrogens (tertiary/aromatic N) is 1. The Balaban J connectivity index is 2.47. The molecule has 0 fully saturated rings. The Kier molecular flexibility index (Phi) is 3.78. The summed E-state index contributed by atoms with van der Waals surface area (Å²) in [5.74, 6) is -0.707. The first-order chi connectivity index (χ1) is 9.11. The van der Waals surface area contributed by atoms with Crippen molar-refractivity contribution >= 4 is 11.5 Å². The van der Waals surface area contributed by atoms with Crippen LogP contribution in [0.25, 0.3) is 0 Å². The topological polar surface area (TPSA) is 57.6 Å². The minimum absolute atomic E-state index is 0.327. The van der Waals surface area contributed by atoms with Gasteiger partial charge in [0.25, 0.3) is 5.91 Å². The number of amidine groups is 1. The predicted octanol–water partition coefficient (Wildman–Crippen LogP) is 1.86. The molecule has 0 radical (unpaired) electrons. The normalized spacial score (nSPS) is 16.1. The summed E-state index contributed by atoms with van der Waals surface area (Å²) in [6.07, 6.45) is 0. The fourth-order valence-electron chi connectivity index (χ4n) is 2.52. The molecule has 0 saturated heterocycles. The quantitative estimate of drug-likeness (QED) is 0.796. The van der Waals surface area contributed by atoms with Gasteiger partial charge in [0.2, 0.25) is 0 Å². The number of hydrogen-bond donors (Lipinski definition) is 2. The van der Waals surface area contributed by atoms with Gasteiger partial charge in [-0.2, -0.15) is 0 Å². The third-order valence-corrected chi connectivity index (χ3v) is 3.62. The molecule has 5 nitrogen and oxygen atoms in total. The molecule has 1 aromatic rings. The van der Waals surface area contributed by atoms with Crippen LogP contribution in [0.15, 0.2) is 18.2 Å². The Labute approximate surface area is 114 Å². The third-order valence-electron chi connectivity index (χ3n) is 3.62. The molecule has 0 aliphatic carbocycles. The lowest BCUT2D eigenvalue weighted by Gasteiger charge is -2.27. The lowest BCUT2D eigenvalue weighted by Crippen LogP contribution is -2.42. The number of anilines is 1. The summed E-state index contributed by atoms with van der Waals surface area (Å²) in [6.45, 7) is 6.12. The van der Waals surface area contributed by atoms with Crippen molar-refractivity contribution in [1.82, 2.24) is 5.32 Å². The second kappa shape index (κ2) is 5.19. The highest BCUT2D eigenvalue weighted by atomic mass is 16.7. The zero-order valence-electron chi connectivity index (χ0n) is 11.9. The Morgan fingerprint density at radius 3 is 2.37 bits per heavy atom. The first-order valence-corrected chi connectivity index (χ1v) is 6.48. The number of rotatable bonds is 5. The van der Waals surface area contributed by atoms with Crippen molar-refractivity contribution in [1.29, 1.82) is 5.41 Å². The lowest BCUT2D eigenvalue weighted by molar-refractivity contribution is -0.223. The SMILES string of the molecule is CCN(CC)c1ccc2c(c1)C(=N)NC2(OC)OC. The second-order valence-corrected chi connectivity index (χ2v) is 4.43. The maximum atomic E-state index is 8.05. The Morgan fingerprint density at radius 2 is 1.84 bits per heavy atom. The van der Waals surface area contributed by atoms with Crippen LogP contribution < -0.4 is 10.2 Å². The van der Waals surface area contributed by atoms with E-state index in [0.29, 0.717) is 5.84 Å². The largest absolute Gasteiger partial charge is 0.372 e. The monoisotopic (exact) mass is 263 g/mol. The molecule has 5 heteroatoms. The van der Waals surface area contributed by atoms with E-state index in [2.05, 4.69) is 24.1 Å². The third kappa shape index (κ3) is 2.09. The van der Waals surface area contributed by atoms with Crippen LogP contribution in [0.4, 0.5) is 5.69 Å². The number of hydrogen-bond acceptors (Lipinski definition) is 4. The smallest absolute Gasteiger partial charge is 0.279 e. The summed E-state index contributed by atoms with van der Waals surface area (Å²) < 4.78 is 10.8. The van der Waals surface area contributed by atoms with Crippen LogP contribution in [-0.2, 0) is 15.4 Å². The molecule has 1 aliphatic rings. The van der Waals surface area contributed by atoms with E-state index >= 15 is 0 Å². The van der Waals surface area contributed by atoms with Gasteiger partial charge in [-0.25, -0.2) is 0 Å². The van der Waals surface area contributed by atoms with Crippen molar-refractivity contribution in [2.75, 3.05) is 32.2 Å². The summed E-state index contributed by atoms with van der Waals surface area (Å²) in [5, 5.41) is 11.0. The average Bonchev–Trinajstić information content (AvgIpc) is 2.73. The van der Waals surface area contributed by atoms with Crippen molar-refractivity contribution in [2.24, 2.45) is 0 Å². The summed E-state index contributed by atoms with van der Waals surface area (Å²) in [4.78, 5) is 2.24. The van der Waals surface area contributed by atoms with Crippen molar-refractivity contribution in [2.45, 2.75) is 19.8 Å². The van der Waals surface area contributed by atoms with Gasteiger partial charge >= 0.3 is 0 Å². The average molecular weight is 263 g/mol. The van der Waals surface area contributed by atoms with Gasteiger partial charge < -0.3 is 19.7 Å². The van der Waals surface area contributed by atoms with Gasteiger partial charge in [-0.1, -0.05) is 0 Å². The molecule has 0 unspecified atom stereocenters. The molecule has 104 valence electrons. The Morgan fingerprint density at radius 1 is 1.21 bits per heavy atom. The van der Waals surface area contributed by atoms with Crippen LogP contribution in [-0.4, -0.2) is 33.1 Å². The molecule has 1 aromatic carbocycles. The van der Waals surface area contributed by atoms with Crippen molar-refractivity contribution in [3.63, 3.8) is 0 Å². The fourth-order valence-corrected chi connectivity index (χ4v) is 2.52. The molecule has 0 atom stereocenters. The number of fused-ring (bicyclic) bond motifs is 1. The van der Waals surface area contributed by atoms with Crippen LogP contribution in [0, 0.1) is 5.41 Å². The van der Waals surface area contributed by atoms with Crippen molar-refractivity contribution < 1.29 is 9.47 Å². The number of ether oxygens (including phenoxy) is 2. The Bertz CT molecular complexity index is 480. The van der Waals surface area contributed by atoms with E-state index in [1.54, 1.807) is 14.2 Å². The van der Waals surface area contributed by atoms with Crippen molar-refractivity contribution in [3.8, 4) is 0 Å². The van der Waals surface area contributed by atoms with Gasteiger partial charge in [0.15, 0.2) is 0 Å². The highest BCUT2D eigenvalue weighted by Crippen LogP contribution is 2.34. The molecule has 0 amide bonds. The van der Waals surface area contributed by atoms with Crippen LogP contribution in [0.5, 0.6) is 0 Å². The predicted molar refractivity (Wildman–Crippen MR) is 75.7 cm³/mol. The fraction of sp³-hybridized carbons (Fsp3) is 0.500. The van der Waals surface area contributed by atoms with E-state index in [-0.39, 0.29) is 0 Å². The van der Waals surface area contributed by atoms with E-state index in [4.69, 9.17) is 14.9 Å². The maximum Gasteiger partial charge on any atom is 0.279 e. The number of benzene rings is 1. The van der Waals surface area contributed by atoms with Gasteiger partial charge in [0, 0.05) is 44.1 Å². The summed E-state index contributed by atoms with van der Waals surface area (Å²) in [5.41, 5.74) is 2.78. The molecule has 1 heterocycles. The van der Waals surface area contributed by atoms with Crippen LogP contribution in [0.1, 0.15) is 25.0 Å². The first-order valence-electron chi connectivity index (χ1n) is 6.48. The molecule has 2 rings (SSSR count). The van der Waals surface area contributed by atoms with Gasteiger partial charge in [-0.05, 0) is 32.0 Å². The van der Waals surface area contributed by atoms with E-state index in [9.17, 15) is 0 Å². The minimum atomic E-state index is -1.03. The van der Waals surface area contributed by atoms with Crippen LogP contribution in [0.3, 0.4) is 0 Å². The van der Waals surface area contributed by atoms with E-state index in [1.165, 1.54) is 0 Å². The first kappa shape index (κ1) is 13.8. The molecule has 2 N–H and O–H groups in total. The van der Waals surface area contributed by atoms with Gasteiger partial charge in [0.1, 0.15) is 5.84 Å². The highest BCUT2D eigenvalue weighted by molar-refractivity contribution is 6.02. The molecular weight excluding hydrogens is 242 g/mol. The molecule has 19 heavy (non-hydrogen) atoms. The molecular formula is C14H21N3O2. The lowest BCUT2D eigenvalue weighted by atomic mass is 10.1. The van der Waals surface area contributed by atoms with Gasteiger partial charge in [0.05, 0.1) is 0 Å². The van der Waals surface area contributed by atoms with Gasteiger partial charge in [-0.3, -0.25) is 5.41 Å². The maximum absolute atomic E-state index is 8.05. The van der Waals surface area contributed by atoms with E-state index in [0.717, 1.165) is 29.9 Å². The zero-order chi connectivity index (χ0) is 14.0. The van der Waals surface area contributed by atoms with E-state index in [1.807, 2.05) is 18.2 Å². The standard InChI is InChI=1S/C14H21N3O2/c1-5-17(6-2)10-7-8-12-11(9-10)13(15)16-14(12,18-3)19-4/h7-9H,5-6H2,1-4H3,(H2,15,16). The van der Waals surface area contributed by atoms with Gasteiger partial charge in [-0.15, -0.1) is 0 Å². The Hall–Kier alpha value is -1.59. The summed E-state index contributed by atoms with van der Waals surface area (Å²) in [7, 11) is 3.13. The highest BCUT2D eigenvalue weighted by Gasteiger charge is 2.42. The van der Waals surface area contributed by atoms with Crippen LogP contribution in [0.2, 0.25) is 0 Å². The zero-order valence-corrected chi connectivity index (χ0v) is 11.9.